The van der Waals surface area contributed by atoms with Crippen molar-refractivity contribution in [1.29, 1.82) is 0 Å². The molecule has 1 aromatic rings. The van der Waals surface area contributed by atoms with Crippen LogP contribution in [0.25, 0.3) is 0 Å². The van der Waals surface area contributed by atoms with Crippen LogP contribution in [0, 0.1) is 0 Å². The number of amides is 1. The maximum Gasteiger partial charge on any atom is 0.240 e. The van der Waals surface area contributed by atoms with Crippen molar-refractivity contribution < 1.29 is 9.53 Å². The maximum atomic E-state index is 12.2. The number of hydrogen-bond donors (Lipinski definition) is 2. The molecular formula is C21H36N4O2. The van der Waals surface area contributed by atoms with Crippen LogP contribution in [0.3, 0.4) is 0 Å². The van der Waals surface area contributed by atoms with Gasteiger partial charge >= 0.3 is 0 Å². The highest BCUT2D eigenvalue weighted by molar-refractivity contribution is 5.86. The summed E-state index contributed by atoms with van der Waals surface area (Å²) in [5.41, 5.74) is 0.485. The van der Waals surface area contributed by atoms with E-state index in [2.05, 4.69) is 10.6 Å². The molecule has 0 aliphatic carbocycles. The summed E-state index contributed by atoms with van der Waals surface area (Å²) in [5.74, 6) is 1.48. The summed E-state index contributed by atoms with van der Waals surface area (Å²) in [6, 6.07) is 7.92. The Hall–Kier alpha value is -2.24. The largest absolute Gasteiger partial charge is 0.488 e. The maximum absolute atomic E-state index is 12.2. The van der Waals surface area contributed by atoms with Gasteiger partial charge in [-0.2, -0.15) is 0 Å². The Balaban J connectivity index is 2.89. The minimum Gasteiger partial charge on any atom is -0.488 e. The fourth-order valence-electron chi connectivity index (χ4n) is 2.44. The molecule has 1 aromatic carbocycles. The Bertz CT molecular complexity index is 642. The minimum absolute atomic E-state index is 0.0351. The summed E-state index contributed by atoms with van der Waals surface area (Å²) >= 11 is 0. The second kappa shape index (κ2) is 9.62. The van der Waals surface area contributed by atoms with Gasteiger partial charge in [-0.15, -0.1) is 0 Å². The van der Waals surface area contributed by atoms with Gasteiger partial charge in [-0.1, -0.05) is 18.2 Å². The second-order valence-electron chi connectivity index (χ2n) is 8.65. The lowest BCUT2D eigenvalue weighted by molar-refractivity contribution is -0.122. The van der Waals surface area contributed by atoms with E-state index < -0.39 is 0 Å². The van der Waals surface area contributed by atoms with E-state index in [4.69, 9.17) is 9.73 Å². The van der Waals surface area contributed by atoms with Crippen LogP contribution in [0.2, 0.25) is 0 Å². The number of ether oxygens (including phenoxy) is 1. The average molecular weight is 377 g/mol. The van der Waals surface area contributed by atoms with Gasteiger partial charge in [0.2, 0.25) is 5.91 Å². The van der Waals surface area contributed by atoms with Crippen molar-refractivity contribution in [1.82, 2.24) is 15.5 Å². The first kappa shape index (κ1) is 22.8. The number of rotatable bonds is 6. The lowest BCUT2D eigenvalue weighted by Crippen LogP contribution is -2.48. The fourth-order valence-corrected chi connectivity index (χ4v) is 2.44. The first-order valence-electron chi connectivity index (χ1n) is 9.48. The highest BCUT2D eigenvalue weighted by Gasteiger charge is 2.17. The third-order valence-electron chi connectivity index (χ3n) is 3.38. The summed E-state index contributed by atoms with van der Waals surface area (Å²) < 4.78 is 6.04. The van der Waals surface area contributed by atoms with Crippen LogP contribution in [0.5, 0.6) is 5.75 Å². The molecule has 6 nitrogen and oxygen atoms in total. The van der Waals surface area contributed by atoms with E-state index in [1.54, 1.807) is 0 Å². The van der Waals surface area contributed by atoms with Gasteiger partial charge in [0.15, 0.2) is 5.96 Å². The number of carbonyl (C=O) groups is 1. The van der Waals surface area contributed by atoms with E-state index in [-0.39, 0.29) is 23.6 Å². The summed E-state index contributed by atoms with van der Waals surface area (Å²) in [7, 11) is 1.86. The van der Waals surface area contributed by atoms with Gasteiger partial charge in [0.1, 0.15) is 11.4 Å². The van der Waals surface area contributed by atoms with Gasteiger partial charge in [-0.05, 0) is 54.5 Å². The van der Waals surface area contributed by atoms with Crippen molar-refractivity contribution in [3.63, 3.8) is 0 Å². The molecule has 0 radical (unpaired) electrons. The van der Waals surface area contributed by atoms with Crippen molar-refractivity contribution in [2.75, 3.05) is 20.1 Å². The number of carbonyl (C=O) groups excluding carboxylic acids is 1. The Morgan fingerprint density at radius 2 is 1.78 bits per heavy atom. The zero-order valence-corrected chi connectivity index (χ0v) is 18.1. The lowest BCUT2D eigenvalue weighted by Gasteiger charge is -2.26. The number of likely N-dealkylation sites (N-methyl/N-ethyl adjacent to an activating group) is 1. The normalized spacial score (nSPS) is 12.5. The molecule has 0 heterocycles. The van der Waals surface area contributed by atoms with Gasteiger partial charge in [-0.25, -0.2) is 4.99 Å². The summed E-state index contributed by atoms with van der Waals surface area (Å²) in [5, 5.41) is 6.22. The topological polar surface area (TPSA) is 66.0 Å². The number of nitrogens with one attached hydrogen (secondary N) is 2. The zero-order valence-electron chi connectivity index (χ0n) is 18.1. The van der Waals surface area contributed by atoms with Crippen LogP contribution in [0.15, 0.2) is 29.3 Å². The van der Waals surface area contributed by atoms with Crippen LogP contribution in [0.4, 0.5) is 0 Å². The first-order chi connectivity index (χ1) is 12.4. The summed E-state index contributed by atoms with van der Waals surface area (Å²) in [6.45, 7) is 15.4. The second-order valence-corrected chi connectivity index (χ2v) is 8.65. The lowest BCUT2D eigenvalue weighted by atomic mass is 10.1. The van der Waals surface area contributed by atoms with E-state index in [0.717, 1.165) is 17.9 Å². The predicted octanol–water partition coefficient (Wildman–Crippen LogP) is 3.18. The van der Waals surface area contributed by atoms with Gasteiger partial charge in [0.25, 0.3) is 0 Å². The van der Waals surface area contributed by atoms with Crippen LogP contribution in [-0.4, -0.2) is 48.0 Å². The van der Waals surface area contributed by atoms with Gasteiger partial charge in [-0.3, -0.25) is 4.79 Å². The molecule has 0 aliphatic heterocycles. The van der Waals surface area contributed by atoms with E-state index in [0.29, 0.717) is 12.5 Å². The standard InChI is InChI=1S/C21H36N4O2/c1-9-22-19(25(8)15-18(26)24-20(2,3)4)23-14-16-12-10-11-13-17(16)27-21(5,6)7/h10-13H,9,14-15H2,1-8H3,(H,22,23)(H,24,26). The predicted molar refractivity (Wildman–Crippen MR) is 112 cm³/mol. The molecule has 0 unspecified atom stereocenters. The molecule has 0 aliphatic rings. The SMILES string of the molecule is CCNC(=NCc1ccccc1OC(C)(C)C)N(C)CC(=O)NC(C)(C)C. The number of guanidine groups is 1. The van der Waals surface area contributed by atoms with Crippen molar-refractivity contribution in [2.45, 2.75) is 66.2 Å². The number of benzene rings is 1. The molecule has 152 valence electrons. The molecular weight excluding hydrogens is 340 g/mol. The number of nitrogens with zero attached hydrogens (tertiary/aromatic N) is 2. The molecule has 6 heteroatoms. The molecule has 2 N–H and O–H groups in total. The van der Waals surface area contributed by atoms with Crippen LogP contribution in [0.1, 0.15) is 54.0 Å². The third kappa shape index (κ3) is 9.31. The Morgan fingerprint density at radius 1 is 1.15 bits per heavy atom. The molecule has 0 bridgehead atoms. The van der Waals surface area contributed by atoms with E-state index in [1.165, 1.54) is 0 Å². The molecule has 0 fully saturated rings. The van der Waals surface area contributed by atoms with E-state index in [9.17, 15) is 4.79 Å². The fraction of sp³-hybridized carbons (Fsp3) is 0.619. The number of hydrogen-bond acceptors (Lipinski definition) is 3. The Morgan fingerprint density at radius 3 is 2.33 bits per heavy atom. The zero-order chi connectivity index (χ0) is 20.7. The van der Waals surface area contributed by atoms with Crippen LogP contribution in [-0.2, 0) is 11.3 Å². The third-order valence-corrected chi connectivity index (χ3v) is 3.38. The van der Waals surface area contributed by atoms with Crippen LogP contribution >= 0.6 is 0 Å². The van der Waals surface area contributed by atoms with Crippen molar-refractivity contribution in [3.05, 3.63) is 29.8 Å². The van der Waals surface area contributed by atoms with E-state index in [1.807, 2.05) is 84.7 Å². The summed E-state index contributed by atoms with van der Waals surface area (Å²) in [6.07, 6.45) is 0. The average Bonchev–Trinajstić information content (AvgIpc) is 2.49. The first-order valence-corrected chi connectivity index (χ1v) is 9.48. The van der Waals surface area contributed by atoms with Gasteiger partial charge in [0, 0.05) is 24.7 Å². The smallest absolute Gasteiger partial charge is 0.240 e. The molecule has 27 heavy (non-hydrogen) atoms. The molecule has 0 saturated carbocycles. The van der Waals surface area contributed by atoms with Crippen molar-refractivity contribution >= 4 is 11.9 Å². The van der Waals surface area contributed by atoms with E-state index >= 15 is 0 Å². The highest BCUT2D eigenvalue weighted by Crippen LogP contribution is 2.23. The number of para-hydroxylation sites is 1. The Labute approximate surface area is 164 Å². The monoisotopic (exact) mass is 376 g/mol. The Kier molecular flexibility index (Phi) is 8.13. The summed E-state index contributed by atoms with van der Waals surface area (Å²) in [4.78, 5) is 18.7. The van der Waals surface area contributed by atoms with Gasteiger partial charge < -0.3 is 20.3 Å². The molecule has 0 atom stereocenters. The highest BCUT2D eigenvalue weighted by atomic mass is 16.5. The van der Waals surface area contributed by atoms with Crippen LogP contribution < -0.4 is 15.4 Å². The molecule has 1 amide bonds. The molecule has 0 spiro atoms. The quantitative estimate of drug-likeness (QED) is 0.591. The van der Waals surface area contributed by atoms with Crippen molar-refractivity contribution in [3.8, 4) is 5.75 Å². The van der Waals surface area contributed by atoms with Gasteiger partial charge in [0.05, 0.1) is 13.1 Å². The minimum atomic E-state index is -0.272. The molecule has 0 aromatic heterocycles. The molecule has 1 rings (SSSR count). The number of aliphatic imine (C=N–C) groups is 1. The van der Waals surface area contributed by atoms with Crippen molar-refractivity contribution in [2.24, 2.45) is 4.99 Å². The molecule has 0 saturated heterocycles.